The van der Waals surface area contributed by atoms with Crippen molar-refractivity contribution in [1.82, 2.24) is 15.0 Å². The van der Waals surface area contributed by atoms with Crippen LogP contribution in [0.15, 0.2) is 0 Å². The van der Waals surface area contributed by atoms with Crippen LogP contribution in [0.3, 0.4) is 0 Å². The molecule has 0 radical (unpaired) electrons. The van der Waals surface area contributed by atoms with Gasteiger partial charge in [-0.05, 0) is 6.92 Å². The molecule has 1 aromatic rings. The molecule has 2 amide bonds. The van der Waals surface area contributed by atoms with Crippen molar-refractivity contribution in [3.8, 4) is 0 Å². The van der Waals surface area contributed by atoms with E-state index in [1.54, 1.807) is 0 Å². The third-order valence-electron chi connectivity index (χ3n) is 1.19. The molecule has 0 atom stereocenters. The molecule has 0 saturated carbocycles. The molecule has 1 heterocycles. The van der Waals surface area contributed by atoms with Crippen molar-refractivity contribution in [2.45, 2.75) is 6.92 Å². The first-order valence-electron chi connectivity index (χ1n) is 3.33. The lowest BCUT2D eigenvalue weighted by atomic mass is 10.5. The number of hydrogen-bond donors (Lipinski definition) is 2. The summed E-state index contributed by atoms with van der Waals surface area (Å²) in [6.45, 7) is 1.50. The van der Waals surface area contributed by atoms with E-state index in [-0.39, 0.29) is 17.5 Å². The Bertz CT molecular complexity index is 343. The molecule has 0 aliphatic heterocycles. The monoisotopic (exact) mass is 181 g/mol. The Morgan fingerprint density at radius 2 is 1.38 bits per heavy atom. The van der Waals surface area contributed by atoms with Crippen LogP contribution >= 0.6 is 0 Å². The largest absolute Gasteiger partial charge is 0.363 e. The maximum atomic E-state index is 10.6. The normalized spacial score (nSPS) is 9.62. The predicted molar refractivity (Wildman–Crippen MR) is 41.6 cm³/mol. The highest BCUT2D eigenvalue weighted by Gasteiger charge is 2.11. The second-order valence-electron chi connectivity index (χ2n) is 2.26. The Hall–Kier alpha value is -2.05. The number of rotatable bonds is 2. The van der Waals surface area contributed by atoms with Gasteiger partial charge in [0.15, 0.2) is 0 Å². The van der Waals surface area contributed by atoms with Gasteiger partial charge in [0.1, 0.15) is 5.82 Å². The Labute approximate surface area is 73.2 Å². The minimum absolute atomic E-state index is 0.220. The van der Waals surface area contributed by atoms with Gasteiger partial charge in [0.05, 0.1) is 0 Å². The van der Waals surface area contributed by atoms with Gasteiger partial charge in [0.25, 0.3) is 11.8 Å². The maximum Gasteiger partial charge on any atom is 0.286 e. The lowest BCUT2D eigenvalue weighted by molar-refractivity contribution is 0.0984. The summed E-state index contributed by atoms with van der Waals surface area (Å²) in [5, 5.41) is 0. The fourth-order valence-corrected chi connectivity index (χ4v) is 0.702. The van der Waals surface area contributed by atoms with E-state index in [2.05, 4.69) is 15.0 Å². The lowest BCUT2D eigenvalue weighted by Crippen LogP contribution is -2.22. The third-order valence-corrected chi connectivity index (χ3v) is 1.19. The average Bonchev–Trinajstić information content (AvgIpc) is 2.03. The molecule has 0 bridgehead atoms. The smallest absolute Gasteiger partial charge is 0.286 e. The van der Waals surface area contributed by atoms with Crippen LogP contribution in [-0.4, -0.2) is 26.8 Å². The fraction of sp³-hybridized carbons (Fsp3) is 0.167. The highest BCUT2D eigenvalue weighted by molar-refractivity contribution is 5.92. The summed E-state index contributed by atoms with van der Waals surface area (Å²) in [5.41, 5.74) is 9.82. The molecule has 0 aliphatic carbocycles. The van der Waals surface area contributed by atoms with Crippen molar-refractivity contribution in [2.24, 2.45) is 11.5 Å². The van der Waals surface area contributed by atoms with Crippen molar-refractivity contribution in [3.63, 3.8) is 0 Å². The first-order chi connectivity index (χ1) is 6.00. The first-order valence-corrected chi connectivity index (χ1v) is 3.33. The summed E-state index contributed by atoms with van der Waals surface area (Å²) in [7, 11) is 0. The zero-order valence-corrected chi connectivity index (χ0v) is 6.81. The van der Waals surface area contributed by atoms with Gasteiger partial charge in [-0.1, -0.05) is 0 Å². The number of aryl methyl sites for hydroxylation is 1. The van der Waals surface area contributed by atoms with Crippen LogP contribution in [0.4, 0.5) is 0 Å². The van der Waals surface area contributed by atoms with E-state index in [0.29, 0.717) is 0 Å². The SMILES string of the molecule is Cc1nc(C(N)=O)nc(C(N)=O)n1. The predicted octanol–water partition coefficient (Wildman–Crippen LogP) is -1.62. The Balaban J connectivity index is 3.26. The number of hydrogen-bond acceptors (Lipinski definition) is 5. The van der Waals surface area contributed by atoms with Gasteiger partial charge in [-0.15, -0.1) is 0 Å². The number of primary amides is 2. The summed E-state index contributed by atoms with van der Waals surface area (Å²) >= 11 is 0. The van der Waals surface area contributed by atoms with Crippen molar-refractivity contribution in [3.05, 3.63) is 17.5 Å². The molecule has 0 aliphatic rings. The molecular formula is C6H7N5O2. The van der Waals surface area contributed by atoms with E-state index < -0.39 is 11.8 Å². The Kier molecular flexibility index (Phi) is 2.18. The van der Waals surface area contributed by atoms with Gasteiger partial charge in [0, 0.05) is 0 Å². The number of nitrogens with zero attached hydrogens (tertiary/aromatic N) is 3. The van der Waals surface area contributed by atoms with Gasteiger partial charge in [-0.25, -0.2) is 9.97 Å². The summed E-state index contributed by atoms with van der Waals surface area (Å²) in [4.78, 5) is 32.0. The summed E-state index contributed by atoms with van der Waals surface area (Å²) in [6.07, 6.45) is 0. The molecule has 0 fully saturated rings. The van der Waals surface area contributed by atoms with E-state index in [4.69, 9.17) is 11.5 Å². The molecule has 7 heteroatoms. The van der Waals surface area contributed by atoms with Crippen LogP contribution in [0.5, 0.6) is 0 Å². The van der Waals surface area contributed by atoms with Gasteiger partial charge in [-0.2, -0.15) is 4.98 Å². The number of amides is 2. The Morgan fingerprint density at radius 3 is 1.69 bits per heavy atom. The fourth-order valence-electron chi connectivity index (χ4n) is 0.702. The van der Waals surface area contributed by atoms with E-state index >= 15 is 0 Å². The van der Waals surface area contributed by atoms with E-state index in [9.17, 15) is 9.59 Å². The highest BCUT2D eigenvalue weighted by atomic mass is 16.2. The van der Waals surface area contributed by atoms with Crippen molar-refractivity contribution in [1.29, 1.82) is 0 Å². The molecule has 0 aromatic carbocycles. The minimum atomic E-state index is -0.826. The highest BCUT2D eigenvalue weighted by Crippen LogP contribution is 1.93. The summed E-state index contributed by atoms with van der Waals surface area (Å²) in [6, 6.07) is 0. The number of aromatic nitrogens is 3. The van der Waals surface area contributed by atoms with Crippen LogP contribution in [0.1, 0.15) is 27.1 Å². The van der Waals surface area contributed by atoms with Crippen LogP contribution in [0.25, 0.3) is 0 Å². The van der Waals surface area contributed by atoms with E-state index in [0.717, 1.165) is 0 Å². The molecule has 68 valence electrons. The number of carbonyl (C=O) groups excluding carboxylic acids is 2. The molecule has 13 heavy (non-hydrogen) atoms. The molecule has 1 aromatic heterocycles. The summed E-state index contributed by atoms with van der Waals surface area (Å²) < 4.78 is 0. The zero-order valence-electron chi connectivity index (χ0n) is 6.81. The Morgan fingerprint density at radius 1 is 1.00 bits per heavy atom. The van der Waals surface area contributed by atoms with Gasteiger partial charge < -0.3 is 11.5 Å². The molecule has 0 unspecified atom stereocenters. The van der Waals surface area contributed by atoms with Crippen LogP contribution in [0.2, 0.25) is 0 Å². The van der Waals surface area contributed by atoms with Crippen molar-refractivity contribution in [2.75, 3.05) is 0 Å². The van der Waals surface area contributed by atoms with E-state index in [1.165, 1.54) is 6.92 Å². The summed E-state index contributed by atoms with van der Waals surface area (Å²) in [5.74, 6) is -1.96. The van der Waals surface area contributed by atoms with Crippen LogP contribution in [-0.2, 0) is 0 Å². The van der Waals surface area contributed by atoms with Crippen molar-refractivity contribution >= 4 is 11.8 Å². The minimum Gasteiger partial charge on any atom is -0.363 e. The van der Waals surface area contributed by atoms with Crippen LogP contribution in [0, 0.1) is 6.92 Å². The number of nitrogens with two attached hydrogens (primary N) is 2. The average molecular weight is 181 g/mol. The maximum absolute atomic E-state index is 10.6. The topological polar surface area (TPSA) is 125 Å². The second kappa shape index (κ2) is 3.13. The molecule has 1 rings (SSSR count). The lowest BCUT2D eigenvalue weighted by Gasteiger charge is -1.98. The van der Waals surface area contributed by atoms with Crippen molar-refractivity contribution < 1.29 is 9.59 Å². The molecule has 7 nitrogen and oxygen atoms in total. The first kappa shape index (κ1) is 9.04. The quantitative estimate of drug-likeness (QED) is 0.567. The standard InChI is InChI=1S/C6H7N5O2/c1-2-9-5(3(7)12)11-6(10-2)4(8)13/h1H3,(H2,7,12)(H2,8,13). The van der Waals surface area contributed by atoms with Gasteiger partial charge in [0.2, 0.25) is 11.6 Å². The van der Waals surface area contributed by atoms with Gasteiger partial charge >= 0.3 is 0 Å². The van der Waals surface area contributed by atoms with Crippen LogP contribution < -0.4 is 11.5 Å². The molecule has 0 spiro atoms. The second-order valence-corrected chi connectivity index (χ2v) is 2.26. The molecule has 4 N–H and O–H groups in total. The van der Waals surface area contributed by atoms with Gasteiger partial charge in [-0.3, -0.25) is 9.59 Å². The number of carbonyl (C=O) groups is 2. The third kappa shape index (κ3) is 1.95. The van der Waals surface area contributed by atoms with E-state index in [1.807, 2.05) is 0 Å². The zero-order chi connectivity index (χ0) is 10.0. The molecule has 0 saturated heterocycles. The molecular weight excluding hydrogens is 174 g/mol.